The van der Waals surface area contributed by atoms with E-state index in [0.717, 1.165) is 25.7 Å². The maximum absolute atomic E-state index is 12.1. The first kappa shape index (κ1) is 20.1. The number of hydrogen-bond acceptors (Lipinski definition) is 4. The van der Waals surface area contributed by atoms with Gasteiger partial charge in [-0.3, -0.25) is 0 Å². The van der Waals surface area contributed by atoms with Crippen LogP contribution in [0.2, 0.25) is 15.1 Å². The van der Waals surface area contributed by atoms with Gasteiger partial charge in [-0.15, -0.1) is 10.2 Å². The van der Waals surface area contributed by atoms with Crippen molar-refractivity contribution in [2.24, 2.45) is 16.1 Å². The van der Waals surface area contributed by atoms with Crippen molar-refractivity contribution in [3.63, 3.8) is 0 Å². The number of halogens is 5. The van der Waals surface area contributed by atoms with Crippen LogP contribution in [0.5, 0.6) is 0 Å². The molecule has 0 N–H and O–H groups in total. The van der Waals surface area contributed by atoms with E-state index in [4.69, 9.17) is 62.7 Å². The minimum Gasteiger partial charge on any atom is -0.459 e. The number of alkyl halides is 2. The molecule has 0 unspecified atom stereocenters. The Morgan fingerprint density at radius 2 is 1.67 bits per heavy atom. The highest BCUT2D eigenvalue weighted by Gasteiger charge is 2.38. The first-order valence-corrected chi connectivity index (χ1v) is 9.24. The van der Waals surface area contributed by atoms with E-state index in [1.54, 1.807) is 0 Å². The molecule has 0 heterocycles. The molecule has 0 atom stereocenters. The number of ether oxygens (including phenoxy) is 1. The van der Waals surface area contributed by atoms with E-state index in [1.807, 2.05) is 0 Å². The molecule has 0 saturated heterocycles. The SMILES string of the molecule is CC1CCC(OC(=O)C(Cl)(Cl)N=Nc2c(Cl)cc(Cl)cc2Cl)CC1. The van der Waals surface area contributed by atoms with Crippen LogP contribution < -0.4 is 0 Å². The second-order valence-corrected chi connectivity index (χ2v) is 8.28. The van der Waals surface area contributed by atoms with Crippen molar-refractivity contribution in [2.45, 2.75) is 43.2 Å². The average molecular weight is 433 g/mol. The van der Waals surface area contributed by atoms with Crippen molar-refractivity contribution < 1.29 is 9.53 Å². The number of hydrogen-bond donors (Lipinski definition) is 0. The van der Waals surface area contributed by atoms with Crippen molar-refractivity contribution in [2.75, 3.05) is 0 Å². The topological polar surface area (TPSA) is 51.0 Å². The Bertz CT molecular complexity index is 620. The van der Waals surface area contributed by atoms with Crippen molar-refractivity contribution in [3.05, 3.63) is 27.2 Å². The summed E-state index contributed by atoms with van der Waals surface area (Å²) in [7, 11) is 0. The lowest BCUT2D eigenvalue weighted by Crippen LogP contribution is -2.32. The predicted octanol–water partition coefficient (Wildman–Crippen LogP) is 6.98. The zero-order chi connectivity index (χ0) is 17.9. The Hall–Kier alpha value is -0.260. The molecule has 0 radical (unpaired) electrons. The molecule has 1 saturated carbocycles. The zero-order valence-corrected chi connectivity index (χ0v) is 16.5. The molecular weight excluding hydrogens is 417 g/mol. The van der Waals surface area contributed by atoms with E-state index in [-0.39, 0.29) is 21.8 Å². The summed E-state index contributed by atoms with van der Waals surface area (Å²) in [4.78, 5) is 12.1. The highest BCUT2D eigenvalue weighted by molar-refractivity contribution is 6.57. The van der Waals surface area contributed by atoms with Gasteiger partial charge in [-0.05, 0) is 43.7 Å². The summed E-state index contributed by atoms with van der Waals surface area (Å²) in [6, 6.07) is 2.88. The highest BCUT2D eigenvalue weighted by atomic mass is 35.5. The standard InChI is InChI=1S/C15H15Cl5N2O2/c1-8-2-4-10(5-3-8)24-14(23)15(19,20)22-21-13-11(17)6-9(16)7-12(13)18/h6-8,10H,2-5H2,1H3. The zero-order valence-electron chi connectivity index (χ0n) is 12.7. The van der Waals surface area contributed by atoms with E-state index < -0.39 is 10.4 Å². The van der Waals surface area contributed by atoms with Crippen LogP contribution >= 0.6 is 58.0 Å². The normalized spacial score (nSPS) is 21.9. The van der Waals surface area contributed by atoms with Crippen LogP contribution in [0, 0.1) is 5.92 Å². The third-order valence-corrected chi connectivity index (χ3v) is 4.99. The number of rotatable bonds is 4. The van der Waals surface area contributed by atoms with Gasteiger partial charge in [-0.2, -0.15) is 0 Å². The molecular formula is C15H15Cl5N2O2. The molecule has 0 amide bonds. The first-order valence-electron chi connectivity index (χ1n) is 7.35. The van der Waals surface area contributed by atoms with Gasteiger partial charge in [-0.25, -0.2) is 4.79 Å². The third kappa shape index (κ3) is 5.37. The number of nitrogens with zero attached hydrogens (tertiary/aromatic N) is 2. The molecule has 0 aliphatic heterocycles. The second-order valence-electron chi connectivity index (χ2n) is 5.75. The minimum absolute atomic E-state index is 0.118. The largest absolute Gasteiger partial charge is 0.459 e. The summed E-state index contributed by atoms with van der Waals surface area (Å²) in [5.41, 5.74) is 0.118. The summed E-state index contributed by atoms with van der Waals surface area (Å²) in [6.45, 7) is 2.17. The average Bonchev–Trinajstić information content (AvgIpc) is 2.48. The lowest BCUT2D eigenvalue weighted by atomic mass is 9.89. The quantitative estimate of drug-likeness (QED) is 0.223. The van der Waals surface area contributed by atoms with E-state index >= 15 is 0 Å². The molecule has 1 aromatic rings. The van der Waals surface area contributed by atoms with Gasteiger partial charge in [0.15, 0.2) is 0 Å². The Morgan fingerprint density at radius 3 is 2.21 bits per heavy atom. The van der Waals surface area contributed by atoms with Crippen LogP contribution in [0.1, 0.15) is 32.6 Å². The maximum atomic E-state index is 12.1. The van der Waals surface area contributed by atoms with Gasteiger partial charge in [0, 0.05) is 5.02 Å². The van der Waals surface area contributed by atoms with Gasteiger partial charge in [-0.1, -0.05) is 64.9 Å². The molecule has 0 aromatic heterocycles. The Labute approximate surface area is 165 Å². The minimum atomic E-state index is -2.17. The molecule has 1 aliphatic carbocycles. The second kappa shape index (κ2) is 8.41. The number of esters is 1. The van der Waals surface area contributed by atoms with Crippen LogP contribution in [0.3, 0.4) is 0 Å². The first-order chi connectivity index (χ1) is 11.2. The smallest absolute Gasteiger partial charge is 0.368 e. The van der Waals surface area contributed by atoms with Gasteiger partial charge in [0.2, 0.25) is 0 Å². The van der Waals surface area contributed by atoms with Crippen molar-refractivity contribution in [1.82, 2.24) is 0 Å². The van der Waals surface area contributed by atoms with Gasteiger partial charge >= 0.3 is 10.4 Å². The molecule has 1 aliphatic rings. The molecule has 2 rings (SSSR count). The molecule has 1 fully saturated rings. The molecule has 132 valence electrons. The molecule has 0 bridgehead atoms. The van der Waals surface area contributed by atoms with Crippen LogP contribution in [0.25, 0.3) is 0 Å². The number of carbonyl (C=O) groups is 1. The van der Waals surface area contributed by atoms with E-state index in [1.165, 1.54) is 12.1 Å². The highest BCUT2D eigenvalue weighted by Crippen LogP contribution is 2.38. The Balaban J connectivity index is 2.05. The van der Waals surface area contributed by atoms with Gasteiger partial charge in [0.25, 0.3) is 0 Å². The van der Waals surface area contributed by atoms with Crippen molar-refractivity contribution in [3.8, 4) is 0 Å². The third-order valence-electron chi connectivity index (χ3n) is 3.74. The molecule has 24 heavy (non-hydrogen) atoms. The van der Waals surface area contributed by atoms with Crippen LogP contribution in [-0.4, -0.2) is 16.5 Å². The lowest BCUT2D eigenvalue weighted by molar-refractivity contribution is -0.151. The summed E-state index contributed by atoms with van der Waals surface area (Å²) in [6.07, 6.45) is 3.34. The molecule has 4 nitrogen and oxygen atoms in total. The fourth-order valence-corrected chi connectivity index (χ4v) is 3.41. The van der Waals surface area contributed by atoms with Gasteiger partial charge < -0.3 is 4.74 Å². The fraction of sp³-hybridized carbons (Fsp3) is 0.533. The van der Waals surface area contributed by atoms with Crippen molar-refractivity contribution >= 4 is 69.7 Å². The number of carbonyl (C=O) groups excluding carboxylic acids is 1. The predicted molar refractivity (Wildman–Crippen MR) is 97.9 cm³/mol. The molecule has 9 heteroatoms. The van der Waals surface area contributed by atoms with Crippen molar-refractivity contribution in [1.29, 1.82) is 0 Å². The Morgan fingerprint density at radius 1 is 1.12 bits per heavy atom. The van der Waals surface area contributed by atoms with Crippen LogP contribution in [0.4, 0.5) is 5.69 Å². The van der Waals surface area contributed by atoms with Gasteiger partial charge in [0.1, 0.15) is 11.8 Å². The lowest BCUT2D eigenvalue weighted by Gasteiger charge is -2.27. The molecule has 1 aromatic carbocycles. The monoisotopic (exact) mass is 430 g/mol. The summed E-state index contributed by atoms with van der Waals surface area (Å²) in [5.74, 6) is -0.235. The van der Waals surface area contributed by atoms with Gasteiger partial charge in [0.05, 0.1) is 10.0 Å². The summed E-state index contributed by atoms with van der Waals surface area (Å²) in [5, 5.41) is 8.08. The van der Waals surface area contributed by atoms with E-state index in [0.29, 0.717) is 10.9 Å². The maximum Gasteiger partial charge on any atom is 0.368 e. The van der Waals surface area contributed by atoms with Crippen LogP contribution in [-0.2, 0) is 9.53 Å². The van der Waals surface area contributed by atoms with E-state index in [2.05, 4.69) is 17.2 Å². The fourth-order valence-electron chi connectivity index (χ4n) is 2.35. The van der Waals surface area contributed by atoms with E-state index in [9.17, 15) is 4.79 Å². The van der Waals surface area contributed by atoms with Crippen LogP contribution in [0.15, 0.2) is 22.4 Å². The summed E-state index contributed by atoms with van der Waals surface area (Å²) < 4.78 is 3.16. The molecule has 0 spiro atoms. The number of benzene rings is 1. The Kier molecular flexibility index (Phi) is 7.03. The summed E-state index contributed by atoms with van der Waals surface area (Å²) >= 11 is 29.7. The number of azo groups is 1.